The van der Waals surface area contributed by atoms with Gasteiger partial charge in [0.2, 0.25) is 5.91 Å². The third-order valence-corrected chi connectivity index (χ3v) is 2.12. The predicted octanol–water partition coefficient (Wildman–Crippen LogP) is 3.40. The van der Waals surface area contributed by atoms with E-state index in [1.165, 1.54) is 30.0 Å². The van der Waals surface area contributed by atoms with Crippen LogP contribution in [-0.4, -0.2) is 18.5 Å². The van der Waals surface area contributed by atoms with Gasteiger partial charge in [-0.2, -0.15) is 0 Å². The van der Waals surface area contributed by atoms with Crippen LogP contribution in [-0.2, 0) is 4.79 Å². The molecule has 0 atom stereocenters. The Hall–Kier alpha value is -1.63. The van der Waals surface area contributed by atoms with E-state index in [2.05, 4.69) is 10.1 Å². The number of anilines is 1. The maximum Gasteiger partial charge on any atom is 0.573 e. The molecule has 0 aromatic heterocycles. The molecule has 98 valence electrons. The van der Waals surface area contributed by atoms with E-state index >= 15 is 0 Å². The number of halogens is 3. The summed E-state index contributed by atoms with van der Waals surface area (Å²) in [6, 6.07) is 4.90. The van der Waals surface area contributed by atoms with Crippen LogP contribution in [0.4, 0.5) is 18.9 Å². The lowest BCUT2D eigenvalue weighted by molar-refractivity contribution is -0.274. The van der Waals surface area contributed by atoms with Gasteiger partial charge in [0.1, 0.15) is 5.75 Å². The normalized spacial score (nSPS) is 11.6. The number of thioether (sulfide) groups is 1. The average molecular weight is 277 g/mol. The first-order valence-corrected chi connectivity index (χ1v) is 6.05. The van der Waals surface area contributed by atoms with Crippen molar-refractivity contribution in [3.63, 3.8) is 0 Å². The predicted molar refractivity (Wildman–Crippen MR) is 64.4 cm³/mol. The lowest BCUT2D eigenvalue weighted by Gasteiger charge is -2.09. The van der Waals surface area contributed by atoms with Gasteiger partial charge < -0.3 is 10.1 Å². The number of alkyl halides is 3. The number of benzene rings is 1. The van der Waals surface area contributed by atoms with E-state index in [1.807, 2.05) is 0 Å². The lowest BCUT2D eigenvalue weighted by atomic mass is 10.3. The monoisotopic (exact) mass is 277 g/mol. The Labute approximate surface area is 106 Å². The van der Waals surface area contributed by atoms with E-state index in [4.69, 9.17) is 0 Å². The molecule has 0 saturated heterocycles. The van der Waals surface area contributed by atoms with Gasteiger partial charge in [0, 0.05) is 11.8 Å². The fourth-order valence-electron chi connectivity index (χ4n) is 1.05. The number of hydrogen-bond acceptors (Lipinski definition) is 3. The molecule has 0 spiro atoms. The Morgan fingerprint density at radius 2 is 1.94 bits per heavy atom. The van der Waals surface area contributed by atoms with Crippen molar-refractivity contribution >= 4 is 23.4 Å². The Balaban J connectivity index is 2.60. The number of ether oxygens (including phenoxy) is 1. The quantitative estimate of drug-likeness (QED) is 0.857. The first-order chi connectivity index (χ1) is 8.40. The van der Waals surface area contributed by atoms with E-state index in [9.17, 15) is 18.0 Å². The highest BCUT2D eigenvalue weighted by Crippen LogP contribution is 2.23. The summed E-state index contributed by atoms with van der Waals surface area (Å²) in [7, 11) is 0. The zero-order chi connectivity index (χ0) is 13.6. The smallest absolute Gasteiger partial charge is 0.406 e. The first-order valence-electron chi connectivity index (χ1n) is 4.77. The molecule has 1 aromatic carbocycles. The second-order valence-corrected chi connectivity index (χ2v) is 3.84. The van der Waals surface area contributed by atoms with Gasteiger partial charge in [-0.25, -0.2) is 0 Å². The van der Waals surface area contributed by atoms with E-state index < -0.39 is 6.36 Å². The standard InChI is InChI=1S/C11H10F3NO2S/c1-18-7-6-10(16)15-8-2-4-9(5-3-8)17-11(12,13)14/h2-7H,1H3,(H,15,16). The summed E-state index contributed by atoms with van der Waals surface area (Å²) in [6.07, 6.45) is -1.59. The number of carbonyl (C=O) groups is 1. The van der Waals surface area contributed by atoms with Crippen molar-refractivity contribution < 1.29 is 22.7 Å². The van der Waals surface area contributed by atoms with Crippen LogP contribution >= 0.6 is 11.8 Å². The number of nitrogens with one attached hydrogen (secondary N) is 1. The molecule has 1 rings (SSSR count). The molecule has 0 aliphatic carbocycles. The molecule has 0 aliphatic rings. The maximum atomic E-state index is 11.9. The van der Waals surface area contributed by atoms with Crippen molar-refractivity contribution in [1.82, 2.24) is 0 Å². The summed E-state index contributed by atoms with van der Waals surface area (Å²) in [6.45, 7) is 0. The minimum absolute atomic E-state index is 0.333. The highest BCUT2D eigenvalue weighted by Gasteiger charge is 2.30. The minimum Gasteiger partial charge on any atom is -0.406 e. The molecule has 0 heterocycles. The van der Waals surface area contributed by atoms with Crippen LogP contribution in [0.2, 0.25) is 0 Å². The second kappa shape index (κ2) is 6.34. The Morgan fingerprint density at radius 1 is 1.33 bits per heavy atom. The third kappa shape index (κ3) is 5.62. The Morgan fingerprint density at radius 3 is 2.44 bits per heavy atom. The van der Waals surface area contributed by atoms with Crippen LogP contribution in [0.15, 0.2) is 35.7 Å². The van der Waals surface area contributed by atoms with Gasteiger partial charge in [0.25, 0.3) is 0 Å². The van der Waals surface area contributed by atoms with Crippen molar-refractivity contribution in [2.45, 2.75) is 6.36 Å². The van der Waals surface area contributed by atoms with Gasteiger partial charge in [-0.3, -0.25) is 4.79 Å². The molecular weight excluding hydrogens is 267 g/mol. The molecule has 3 nitrogen and oxygen atoms in total. The molecule has 0 unspecified atom stereocenters. The van der Waals surface area contributed by atoms with Crippen molar-refractivity contribution in [3.8, 4) is 5.75 Å². The number of hydrogen-bond donors (Lipinski definition) is 1. The summed E-state index contributed by atoms with van der Waals surface area (Å²) < 4.78 is 39.4. The van der Waals surface area contributed by atoms with Crippen LogP contribution in [0, 0.1) is 0 Å². The average Bonchev–Trinajstić information content (AvgIpc) is 2.27. The molecule has 1 amide bonds. The van der Waals surface area contributed by atoms with E-state index in [1.54, 1.807) is 11.7 Å². The van der Waals surface area contributed by atoms with Crippen LogP contribution in [0.3, 0.4) is 0 Å². The third-order valence-electron chi connectivity index (χ3n) is 1.71. The summed E-state index contributed by atoms with van der Waals surface area (Å²) in [4.78, 5) is 11.3. The summed E-state index contributed by atoms with van der Waals surface area (Å²) in [5, 5.41) is 4.08. The molecule has 0 aliphatic heterocycles. The van der Waals surface area contributed by atoms with Crippen molar-refractivity contribution in [1.29, 1.82) is 0 Å². The fraction of sp³-hybridized carbons (Fsp3) is 0.182. The second-order valence-electron chi connectivity index (χ2n) is 3.10. The van der Waals surface area contributed by atoms with Gasteiger partial charge >= 0.3 is 6.36 Å². The van der Waals surface area contributed by atoms with Gasteiger partial charge in [-0.1, -0.05) is 0 Å². The molecular formula is C11H10F3NO2S. The Bertz CT molecular complexity index is 429. The summed E-state index contributed by atoms with van der Waals surface area (Å²) in [5.74, 6) is -0.686. The topological polar surface area (TPSA) is 38.3 Å². The molecule has 0 radical (unpaired) electrons. The largest absolute Gasteiger partial charge is 0.573 e. The lowest BCUT2D eigenvalue weighted by Crippen LogP contribution is -2.17. The van der Waals surface area contributed by atoms with Crippen molar-refractivity contribution in [2.24, 2.45) is 0 Å². The van der Waals surface area contributed by atoms with Gasteiger partial charge in [-0.15, -0.1) is 24.9 Å². The number of rotatable bonds is 4. The number of carbonyl (C=O) groups excluding carboxylic acids is 1. The number of amides is 1. The molecule has 18 heavy (non-hydrogen) atoms. The molecule has 1 N–H and O–H groups in total. The van der Waals surface area contributed by atoms with Gasteiger partial charge in [0.05, 0.1) is 0 Å². The zero-order valence-electron chi connectivity index (χ0n) is 9.32. The molecule has 1 aromatic rings. The zero-order valence-corrected chi connectivity index (χ0v) is 10.1. The van der Waals surface area contributed by atoms with E-state index in [0.29, 0.717) is 5.69 Å². The fourth-order valence-corrected chi connectivity index (χ4v) is 1.31. The minimum atomic E-state index is -4.72. The van der Waals surface area contributed by atoms with Gasteiger partial charge in [0.15, 0.2) is 0 Å². The Kier molecular flexibility index (Phi) is 5.08. The maximum absolute atomic E-state index is 11.9. The first kappa shape index (κ1) is 14.4. The summed E-state index contributed by atoms with van der Waals surface area (Å²) >= 11 is 1.36. The van der Waals surface area contributed by atoms with E-state index in [0.717, 1.165) is 12.1 Å². The van der Waals surface area contributed by atoms with E-state index in [-0.39, 0.29) is 11.7 Å². The highest BCUT2D eigenvalue weighted by atomic mass is 32.2. The SMILES string of the molecule is CSC=CC(=O)Nc1ccc(OC(F)(F)F)cc1. The molecule has 0 saturated carbocycles. The van der Waals surface area contributed by atoms with Crippen LogP contribution in [0.1, 0.15) is 0 Å². The van der Waals surface area contributed by atoms with Crippen LogP contribution in [0.25, 0.3) is 0 Å². The molecule has 0 fully saturated rings. The van der Waals surface area contributed by atoms with Gasteiger partial charge in [-0.05, 0) is 35.9 Å². The van der Waals surface area contributed by atoms with Crippen LogP contribution in [0.5, 0.6) is 5.75 Å². The molecule has 7 heteroatoms. The van der Waals surface area contributed by atoms with Crippen molar-refractivity contribution in [2.75, 3.05) is 11.6 Å². The molecule has 0 bridgehead atoms. The highest BCUT2D eigenvalue weighted by molar-refractivity contribution is 8.01. The van der Waals surface area contributed by atoms with Crippen molar-refractivity contribution in [3.05, 3.63) is 35.7 Å². The summed E-state index contributed by atoms with van der Waals surface area (Å²) in [5.41, 5.74) is 0.389. The van der Waals surface area contributed by atoms with Crippen LogP contribution < -0.4 is 10.1 Å².